The van der Waals surface area contributed by atoms with Crippen LogP contribution in [-0.4, -0.2) is 26.4 Å². The molecule has 0 aliphatic carbocycles. The Balaban J connectivity index is 2.51. The average Bonchev–Trinajstić information content (AvgIpc) is 2.45. The molecule has 1 rings (SSSR count). The smallest absolute Gasteiger partial charge is 0.387 e. The second-order valence-electron chi connectivity index (χ2n) is 4.16. The van der Waals surface area contributed by atoms with Crippen molar-refractivity contribution < 1.29 is 23.0 Å². The summed E-state index contributed by atoms with van der Waals surface area (Å²) in [5.74, 6) is 0.377. The van der Waals surface area contributed by atoms with Gasteiger partial charge in [0.1, 0.15) is 0 Å². The highest BCUT2D eigenvalue weighted by Crippen LogP contribution is 2.29. The quantitative estimate of drug-likeness (QED) is 0.503. The topological polar surface area (TPSA) is 39.7 Å². The van der Waals surface area contributed by atoms with Crippen molar-refractivity contribution >= 4 is 0 Å². The van der Waals surface area contributed by atoms with Gasteiger partial charge in [-0.25, -0.2) is 0 Å². The lowest BCUT2D eigenvalue weighted by molar-refractivity contribution is -0.0514. The van der Waals surface area contributed by atoms with Crippen molar-refractivity contribution in [3.05, 3.63) is 36.6 Å². The van der Waals surface area contributed by atoms with E-state index in [-0.39, 0.29) is 5.75 Å². The van der Waals surface area contributed by atoms with E-state index in [0.717, 1.165) is 18.5 Å². The average molecular weight is 301 g/mol. The van der Waals surface area contributed by atoms with Gasteiger partial charge in [0, 0.05) is 6.54 Å². The summed E-state index contributed by atoms with van der Waals surface area (Å²) in [7, 11) is 0. The summed E-state index contributed by atoms with van der Waals surface area (Å²) in [6.45, 7) is 4.78. The van der Waals surface area contributed by atoms with E-state index in [1.165, 1.54) is 12.3 Å². The molecule has 0 atom stereocenters. The maximum atomic E-state index is 12.3. The maximum Gasteiger partial charge on any atom is 0.387 e. The third-order valence-electron chi connectivity index (χ3n) is 2.59. The summed E-state index contributed by atoms with van der Waals surface area (Å²) in [6.07, 6.45) is 2.27. The highest BCUT2D eigenvalue weighted by atomic mass is 19.3. The van der Waals surface area contributed by atoms with E-state index in [1.54, 1.807) is 19.1 Å². The molecule has 0 radical (unpaired) electrons. The first-order chi connectivity index (χ1) is 10.2. The molecule has 4 nitrogen and oxygen atoms in total. The molecule has 1 N–H and O–H groups in total. The van der Waals surface area contributed by atoms with Gasteiger partial charge in [-0.1, -0.05) is 12.6 Å². The Bertz CT molecular complexity index is 427. The summed E-state index contributed by atoms with van der Waals surface area (Å²) >= 11 is 0. The first-order valence-electron chi connectivity index (χ1n) is 6.81. The zero-order chi connectivity index (χ0) is 15.5. The van der Waals surface area contributed by atoms with Crippen LogP contribution < -0.4 is 14.8 Å². The van der Waals surface area contributed by atoms with Crippen LogP contribution in [0.1, 0.15) is 18.9 Å². The van der Waals surface area contributed by atoms with Crippen molar-refractivity contribution in [2.75, 3.05) is 19.8 Å². The molecule has 21 heavy (non-hydrogen) atoms. The van der Waals surface area contributed by atoms with Crippen LogP contribution in [0, 0.1) is 0 Å². The molecule has 0 aromatic heterocycles. The number of ether oxygens (including phenoxy) is 3. The van der Waals surface area contributed by atoms with Gasteiger partial charge in [-0.05, 0) is 37.6 Å². The third-order valence-corrected chi connectivity index (χ3v) is 2.59. The summed E-state index contributed by atoms with van der Waals surface area (Å²) in [5, 5.41) is 3.23. The zero-order valence-corrected chi connectivity index (χ0v) is 12.1. The van der Waals surface area contributed by atoms with Crippen LogP contribution in [0.2, 0.25) is 0 Å². The largest absolute Gasteiger partial charge is 0.502 e. The molecule has 118 valence electrons. The van der Waals surface area contributed by atoms with Gasteiger partial charge in [0.2, 0.25) is 0 Å². The molecule has 0 bridgehead atoms. The Morgan fingerprint density at radius 1 is 1.33 bits per heavy atom. The van der Waals surface area contributed by atoms with Crippen LogP contribution in [0.15, 0.2) is 31.0 Å². The molecule has 0 amide bonds. The predicted molar refractivity (Wildman–Crippen MR) is 76.7 cm³/mol. The molecule has 0 fully saturated rings. The van der Waals surface area contributed by atoms with E-state index in [1.807, 2.05) is 0 Å². The predicted octanol–water partition coefficient (Wildman–Crippen LogP) is 3.33. The number of rotatable bonds is 11. The van der Waals surface area contributed by atoms with Gasteiger partial charge in [0.05, 0.1) is 19.5 Å². The van der Waals surface area contributed by atoms with Gasteiger partial charge in [-0.15, -0.1) is 0 Å². The van der Waals surface area contributed by atoms with Crippen molar-refractivity contribution in [3.8, 4) is 11.5 Å². The number of alkyl halides is 2. The van der Waals surface area contributed by atoms with E-state index in [0.29, 0.717) is 25.5 Å². The van der Waals surface area contributed by atoms with E-state index < -0.39 is 6.61 Å². The molecule has 1 aromatic rings. The second-order valence-corrected chi connectivity index (χ2v) is 4.16. The van der Waals surface area contributed by atoms with Crippen molar-refractivity contribution in [1.29, 1.82) is 0 Å². The maximum absolute atomic E-state index is 12.3. The van der Waals surface area contributed by atoms with Crippen molar-refractivity contribution in [3.63, 3.8) is 0 Å². The van der Waals surface area contributed by atoms with Crippen molar-refractivity contribution in [2.24, 2.45) is 0 Å². The first kappa shape index (κ1) is 17.2. The Labute approximate surface area is 123 Å². The van der Waals surface area contributed by atoms with Gasteiger partial charge in [0.15, 0.2) is 11.5 Å². The minimum atomic E-state index is -2.86. The van der Waals surface area contributed by atoms with Gasteiger partial charge < -0.3 is 19.5 Å². The van der Waals surface area contributed by atoms with Gasteiger partial charge in [-0.3, -0.25) is 0 Å². The fraction of sp³-hybridized carbons (Fsp3) is 0.467. The molecule has 0 aliphatic heterocycles. The number of halogens is 2. The molecular formula is C15H21F2NO3. The first-order valence-corrected chi connectivity index (χ1v) is 6.81. The van der Waals surface area contributed by atoms with E-state index in [4.69, 9.17) is 9.47 Å². The molecule has 0 heterocycles. The molecule has 0 saturated heterocycles. The fourth-order valence-electron chi connectivity index (χ4n) is 1.72. The van der Waals surface area contributed by atoms with E-state index >= 15 is 0 Å². The molecule has 1 aromatic carbocycles. The summed E-state index contributed by atoms with van der Waals surface area (Å²) in [6, 6.07) is 4.93. The van der Waals surface area contributed by atoms with Crippen LogP contribution >= 0.6 is 0 Å². The SMILES string of the molecule is C=COCCCNCc1ccc(OC(F)F)c(OCC)c1. The van der Waals surface area contributed by atoms with Gasteiger partial charge in [0.25, 0.3) is 0 Å². The lowest BCUT2D eigenvalue weighted by atomic mass is 10.2. The summed E-state index contributed by atoms with van der Waals surface area (Å²) < 4.78 is 39.3. The van der Waals surface area contributed by atoms with E-state index in [2.05, 4.69) is 16.6 Å². The van der Waals surface area contributed by atoms with Gasteiger partial charge in [-0.2, -0.15) is 8.78 Å². The Hall–Kier alpha value is -1.82. The monoisotopic (exact) mass is 301 g/mol. The molecule has 0 spiro atoms. The summed E-state index contributed by atoms with van der Waals surface area (Å²) in [5.41, 5.74) is 0.935. The highest BCUT2D eigenvalue weighted by Gasteiger charge is 2.11. The second kappa shape index (κ2) is 9.99. The lowest BCUT2D eigenvalue weighted by Gasteiger charge is -2.13. The van der Waals surface area contributed by atoms with E-state index in [9.17, 15) is 8.78 Å². The van der Waals surface area contributed by atoms with Crippen LogP contribution in [0.5, 0.6) is 11.5 Å². The minimum Gasteiger partial charge on any atom is -0.502 e. The number of hydrogen-bond acceptors (Lipinski definition) is 4. The Morgan fingerprint density at radius 2 is 2.14 bits per heavy atom. The summed E-state index contributed by atoms with van der Waals surface area (Å²) in [4.78, 5) is 0. The minimum absolute atomic E-state index is 0.0509. The highest BCUT2D eigenvalue weighted by molar-refractivity contribution is 5.43. The number of nitrogens with one attached hydrogen (secondary N) is 1. The van der Waals surface area contributed by atoms with Crippen LogP contribution in [0.3, 0.4) is 0 Å². The Morgan fingerprint density at radius 3 is 2.81 bits per heavy atom. The lowest BCUT2D eigenvalue weighted by Crippen LogP contribution is -2.16. The number of benzene rings is 1. The van der Waals surface area contributed by atoms with Crippen LogP contribution in [-0.2, 0) is 11.3 Å². The van der Waals surface area contributed by atoms with Crippen LogP contribution in [0.4, 0.5) is 8.78 Å². The normalized spacial score (nSPS) is 10.5. The van der Waals surface area contributed by atoms with Gasteiger partial charge >= 0.3 is 6.61 Å². The fourth-order valence-corrected chi connectivity index (χ4v) is 1.72. The van der Waals surface area contributed by atoms with Crippen molar-refractivity contribution in [2.45, 2.75) is 26.5 Å². The molecule has 0 aliphatic rings. The molecule has 6 heteroatoms. The molecule has 0 unspecified atom stereocenters. The zero-order valence-electron chi connectivity index (χ0n) is 12.1. The van der Waals surface area contributed by atoms with Crippen molar-refractivity contribution in [1.82, 2.24) is 5.32 Å². The molecular weight excluding hydrogens is 280 g/mol. The van der Waals surface area contributed by atoms with Crippen LogP contribution in [0.25, 0.3) is 0 Å². The Kier molecular flexibility index (Phi) is 8.19. The molecule has 0 saturated carbocycles. The number of hydrogen-bond donors (Lipinski definition) is 1. The standard InChI is InChI=1S/C15H21F2NO3/c1-3-19-9-5-8-18-11-12-6-7-13(21-15(16)17)14(10-12)20-4-2/h3,6-7,10,15,18H,1,4-5,8-9,11H2,2H3. The third kappa shape index (κ3) is 6.94.